The summed E-state index contributed by atoms with van der Waals surface area (Å²) >= 11 is 7.38. The lowest BCUT2D eigenvalue weighted by Crippen LogP contribution is -2.05. The first-order valence-corrected chi connectivity index (χ1v) is 10.3. The van der Waals surface area contributed by atoms with Crippen LogP contribution >= 0.6 is 22.9 Å². The van der Waals surface area contributed by atoms with Gasteiger partial charge in [0.15, 0.2) is 0 Å². The molecule has 2 heterocycles. The largest absolute Gasteiger partial charge is 0.461 e. The molecule has 0 radical (unpaired) electrons. The highest BCUT2D eigenvalue weighted by Gasteiger charge is 2.18. The summed E-state index contributed by atoms with van der Waals surface area (Å²) in [4.78, 5) is 14.0. The van der Waals surface area contributed by atoms with Crippen molar-refractivity contribution in [2.45, 2.75) is 19.8 Å². The number of hydrogen-bond acceptors (Lipinski definition) is 4. The Morgan fingerprint density at radius 1 is 1.14 bits per heavy atom. The van der Waals surface area contributed by atoms with E-state index in [0.29, 0.717) is 16.5 Å². The minimum Gasteiger partial charge on any atom is -0.461 e. The molecule has 0 saturated heterocycles. The molecular formula is C22H19ClN2O2S. The number of ether oxygens (including phenoxy) is 1. The molecule has 0 saturated carbocycles. The van der Waals surface area contributed by atoms with E-state index in [-0.39, 0.29) is 5.97 Å². The molecule has 2 aromatic heterocycles. The number of aryl methyl sites for hydroxylation is 2. The number of esters is 1. The summed E-state index contributed by atoms with van der Waals surface area (Å²) in [5.74, 6) is -0.281. The van der Waals surface area contributed by atoms with E-state index < -0.39 is 0 Å². The fraction of sp³-hybridized carbons (Fsp3) is 0.182. The fourth-order valence-corrected chi connectivity index (χ4v) is 4.26. The van der Waals surface area contributed by atoms with Gasteiger partial charge >= 0.3 is 5.97 Å². The molecular weight excluding hydrogens is 392 g/mol. The Bertz CT molecular complexity index is 1100. The van der Waals surface area contributed by atoms with Crippen LogP contribution in [0.25, 0.3) is 15.9 Å². The molecule has 6 heteroatoms. The molecule has 142 valence electrons. The number of carbonyl (C=O) groups is 1. The highest BCUT2D eigenvalue weighted by atomic mass is 35.5. The molecule has 0 aliphatic rings. The van der Waals surface area contributed by atoms with E-state index >= 15 is 0 Å². The molecule has 4 nitrogen and oxygen atoms in total. The number of halogens is 1. The van der Waals surface area contributed by atoms with Gasteiger partial charge in [0.1, 0.15) is 9.71 Å². The van der Waals surface area contributed by atoms with Gasteiger partial charge in [0, 0.05) is 10.4 Å². The normalized spacial score (nSPS) is 11.1. The maximum atomic E-state index is 12.5. The van der Waals surface area contributed by atoms with Crippen molar-refractivity contribution < 1.29 is 9.53 Å². The minimum absolute atomic E-state index is 0.281. The van der Waals surface area contributed by atoms with E-state index in [1.54, 1.807) is 0 Å². The topological polar surface area (TPSA) is 44.1 Å². The number of nitrogens with zero attached hydrogens (tertiary/aromatic N) is 2. The van der Waals surface area contributed by atoms with Crippen molar-refractivity contribution in [3.8, 4) is 5.69 Å². The number of benzene rings is 2. The zero-order valence-electron chi connectivity index (χ0n) is 15.4. The average molecular weight is 411 g/mol. The zero-order valence-corrected chi connectivity index (χ0v) is 17.0. The molecule has 0 spiro atoms. The quantitative estimate of drug-likeness (QED) is 0.296. The van der Waals surface area contributed by atoms with Crippen LogP contribution in [0.2, 0.25) is 5.02 Å². The number of fused-ring (bicyclic) bond motifs is 1. The second kappa shape index (κ2) is 8.17. The number of aromatic nitrogens is 2. The Morgan fingerprint density at radius 3 is 2.64 bits per heavy atom. The van der Waals surface area contributed by atoms with Crippen LogP contribution in [-0.4, -0.2) is 22.4 Å². The summed E-state index contributed by atoms with van der Waals surface area (Å²) in [6, 6.07) is 19.6. The molecule has 0 atom stereocenters. The SMILES string of the molecule is Cc1nn(-c2ccc(Cl)cc2)c2sc(C(=O)OCCCc3ccccc3)cc12. The molecule has 0 N–H and O–H groups in total. The van der Waals surface area contributed by atoms with E-state index in [2.05, 4.69) is 17.2 Å². The zero-order chi connectivity index (χ0) is 19.5. The summed E-state index contributed by atoms with van der Waals surface area (Å²) in [6.45, 7) is 2.35. The van der Waals surface area contributed by atoms with Crippen LogP contribution < -0.4 is 0 Å². The van der Waals surface area contributed by atoms with Gasteiger partial charge in [-0.3, -0.25) is 0 Å². The third-order valence-corrected chi connectivity index (χ3v) is 5.85. The Labute approximate surface area is 172 Å². The van der Waals surface area contributed by atoms with Crippen LogP contribution in [0.1, 0.15) is 27.3 Å². The highest BCUT2D eigenvalue weighted by Crippen LogP contribution is 2.31. The smallest absolute Gasteiger partial charge is 0.348 e. The predicted molar refractivity (Wildman–Crippen MR) is 114 cm³/mol. The first kappa shape index (κ1) is 18.7. The lowest BCUT2D eigenvalue weighted by atomic mass is 10.1. The van der Waals surface area contributed by atoms with Gasteiger partial charge in [-0.05, 0) is 55.7 Å². The summed E-state index contributed by atoms with van der Waals surface area (Å²) in [7, 11) is 0. The van der Waals surface area contributed by atoms with Gasteiger partial charge in [0.2, 0.25) is 0 Å². The average Bonchev–Trinajstić information content (AvgIpc) is 3.27. The van der Waals surface area contributed by atoms with Crippen molar-refractivity contribution in [3.05, 3.63) is 81.8 Å². The standard InChI is InChI=1S/C22H19ClN2O2S/c1-15-19-14-20(22(26)27-13-5-8-16-6-3-2-4-7-16)28-21(19)25(24-15)18-11-9-17(23)10-12-18/h2-4,6-7,9-12,14H,5,8,13H2,1H3. The number of hydrogen-bond donors (Lipinski definition) is 0. The maximum Gasteiger partial charge on any atom is 0.348 e. The van der Waals surface area contributed by atoms with Crippen LogP contribution in [0, 0.1) is 6.92 Å². The number of rotatable bonds is 6. The van der Waals surface area contributed by atoms with Crippen LogP contribution in [0.3, 0.4) is 0 Å². The predicted octanol–water partition coefficient (Wildman–Crippen LogP) is 5.84. The van der Waals surface area contributed by atoms with Gasteiger partial charge < -0.3 is 4.74 Å². The number of thiophene rings is 1. The molecule has 28 heavy (non-hydrogen) atoms. The Kier molecular flexibility index (Phi) is 5.46. The molecule has 4 aromatic rings. The highest BCUT2D eigenvalue weighted by molar-refractivity contribution is 7.20. The second-order valence-corrected chi connectivity index (χ2v) is 8.00. The molecule has 2 aromatic carbocycles. The van der Waals surface area contributed by atoms with Crippen molar-refractivity contribution in [1.82, 2.24) is 9.78 Å². The van der Waals surface area contributed by atoms with Crippen LogP contribution in [-0.2, 0) is 11.2 Å². The van der Waals surface area contributed by atoms with E-state index in [9.17, 15) is 4.79 Å². The van der Waals surface area contributed by atoms with Gasteiger partial charge in [-0.1, -0.05) is 41.9 Å². The molecule has 0 fully saturated rings. The van der Waals surface area contributed by atoms with Crippen molar-refractivity contribution in [1.29, 1.82) is 0 Å². The molecule has 0 aliphatic heterocycles. The summed E-state index contributed by atoms with van der Waals surface area (Å²) in [5, 5.41) is 6.24. The Hall–Kier alpha value is -2.63. The van der Waals surface area contributed by atoms with Crippen molar-refractivity contribution >= 4 is 39.1 Å². The summed E-state index contributed by atoms with van der Waals surface area (Å²) in [5.41, 5.74) is 3.04. The first-order valence-electron chi connectivity index (χ1n) is 9.08. The van der Waals surface area contributed by atoms with E-state index in [1.807, 2.05) is 60.1 Å². The lowest BCUT2D eigenvalue weighted by Gasteiger charge is -2.04. The maximum absolute atomic E-state index is 12.5. The number of carbonyl (C=O) groups excluding carboxylic acids is 1. The Morgan fingerprint density at radius 2 is 1.89 bits per heavy atom. The Balaban J connectivity index is 1.46. The second-order valence-electron chi connectivity index (χ2n) is 6.53. The van der Waals surface area contributed by atoms with E-state index in [0.717, 1.165) is 34.4 Å². The van der Waals surface area contributed by atoms with Crippen LogP contribution in [0.15, 0.2) is 60.7 Å². The van der Waals surface area contributed by atoms with Gasteiger partial charge in [0.05, 0.1) is 18.0 Å². The van der Waals surface area contributed by atoms with Crippen molar-refractivity contribution in [2.24, 2.45) is 0 Å². The van der Waals surface area contributed by atoms with Crippen molar-refractivity contribution in [3.63, 3.8) is 0 Å². The van der Waals surface area contributed by atoms with Gasteiger partial charge in [-0.2, -0.15) is 5.10 Å². The van der Waals surface area contributed by atoms with Gasteiger partial charge in [-0.15, -0.1) is 11.3 Å². The van der Waals surface area contributed by atoms with Gasteiger partial charge in [-0.25, -0.2) is 9.48 Å². The van der Waals surface area contributed by atoms with Crippen molar-refractivity contribution in [2.75, 3.05) is 6.61 Å². The minimum atomic E-state index is -0.281. The molecule has 0 bridgehead atoms. The molecule has 0 amide bonds. The fourth-order valence-electron chi connectivity index (χ4n) is 3.06. The summed E-state index contributed by atoms with van der Waals surface area (Å²) < 4.78 is 7.32. The van der Waals surface area contributed by atoms with E-state index in [4.69, 9.17) is 16.3 Å². The van der Waals surface area contributed by atoms with Crippen LogP contribution in [0.4, 0.5) is 0 Å². The monoisotopic (exact) mass is 410 g/mol. The molecule has 0 unspecified atom stereocenters. The van der Waals surface area contributed by atoms with E-state index in [1.165, 1.54) is 16.9 Å². The molecule has 0 aliphatic carbocycles. The lowest BCUT2D eigenvalue weighted by molar-refractivity contribution is 0.0506. The third kappa shape index (κ3) is 3.96. The third-order valence-electron chi connectivity index (χ3n) is 4.50. The first-order chi connectivity index (χ1) is 13.6. The van der Waals surface area contributed by atoms with Gasteiger partial charge in [0.25, 0.3) is 0 Å². The summed E-state index contributed by atoms with van der Waals surface area (Å²) in [6.07, 6.45) is 1.70. The van der Waals surface area contributed by atoms with Crippen LogP contribution in [0.5, 0.6) is 0 Å². The molecule has 4 rings (SSSR count).